The molecule has 1 aromatic carbocycles. The highest BCUT2D eigenvalue weighted by Gasteiger charge is 2.10. The summed E-state index contributed by atoms with van der Waals surface area (Å²) in [5.74, 6) is -1.42. The summed E-state index contributed by atoms with van der Waals surface area (Å²) in [4.78, 5) is 14.1. The van der Waals surface area contributed by atoms with Crippen molar-refractivity contribution in [1.82, 2.24) is 15.0 Å². The van der Waals surface area contributed by atoms with Gasteiger partial charge in [0.05, 0.1) is 0 Å². The van der Waals surface area contributed by atoms with Gasteiger partial charge in [0.1, 0.15) is 0 Å². The second-order valence-electron chi connectivity index (χ2n) is 3.76. The standard InChI is InChI=1S/C11H9ClF2N4S/c1-18(2)10-15-9(12)16-11(17-10)19-6-3-4-7(13)8(14)5-6/h3-5H,1-2H3. The number of anilines is 1. The van der Waals surface area contributed by atoms with Gasteiger partial charge >= 0.3 is 0 Å². The van der Waals surface area contributed by atoms with E-state index in [1.54, 1.807) is 19.0 Å². The van der Waals surface area contributed by atoms with Crippen molar-refractivity contribution in [3.05, 3.63) is 35.1 Å². The van der Waals surface area contributed by atoms with Crippen LogP contribution in [0.1, 0.15) is 0 Å². The van der Waals surface area contributed by atoms with E-state index in [1.807, 2.05) is 0 Å². The highest BCUT2D eigenvalue weighted by atomic mass is 35.5. The Hall–Kier alpha value is -1.47. The van der Waals surface area contributed by atoms with E-state index in [-0.39, 0.29) is 5.28 Å². The summed E-state index contributed by atoms with van der Waals surface area (Å²) >= 11 is 6.86. The van der Waals surface area contributed by atoms with E-state index >= 15 is 0 Å². The number of aromatic nitrogens is 3. The summed E-state index contributed by atoms with van der Waals surface area (Å²) < 4.78 is 25.9. The van der Waals surface area contributed by atoms with Crippen LogP contribution < -0.4 is 4.90 Å². The van der Waals surface area contributed by atoms with Gasteiger partial charge in [-0.05, 0) is 41.6 Å². The molecule has 0 N–H and O–H groups in total. The number of nitrogens with zero attached hydrogens (tertiary/aromatic N) is 4. The Balaban J connectivity index is 2.29. The maximum absolute atomic E-state index is 13.1. The molecule has 1 heterocycles. The molecule has 2 aromatic rings. The van der Waals surface area contributed by atoms with Crippen LogP contribution in [0, 0.1) is 11.6 Å². The molecule has 0 unspecified atom stereocenters. The Labute approximate surface area is 117 Å². The summed E-state index contributed by atoms with van der Waals surface area (Å²) in [6.45, 7) is 0. The van der Waals surface area contributed by atoms with Gasteiger partial charge in [-0.1, -0.05) is 0 Å². The van der Waals surface area contributed by atoms with Gasteiger partial charge in [-0.15, -0.1) is 0 Å². The lowest BCUT2D eigenvalue weighted by molar-refractivity contribution is 0.506. The van der Waals surface area contributed by atoms with E-state index in [0.29, 0.717) is 16.0 Å². The van der Waals surface area contributed by atoms with Gasteiger partial charge in [0.25, 0.3) is 0 Å². The van der Waals surface area contributed by atoms with Gasteiger partial charge in [-0.25, -0.2) is 8.78 Å². The Morgan fingerprint density at radius 1 is 1.11 bits per heavy atom. The molecule has 0 bridgehead atoms. The molecule has 0 atom stereocenters. The van der Waals surface area contributed by atoms with E-state index < -0.39 is 11.6 Å². The average molecular weight is 303 g/mol. The quantitative estimate of drug-likeness (QED) is 0.872. The smallest absolute Gasteiger partial charge is 0.230 e. The third kappa shape index (κ3) is 3.51. The predicted molar refractivity (Wildman–Crippen MR) is 69.6 cm³/mol. The van der Waals surface area contributed by atoms with Crippen LogP contribution in [-0.2, 0) is 0 Å². The van der Waals surface area contributed by atoms with Crippen molar-refractivity contribution in [1.29, 1.82) is 0 Å². The largest absolute Gasteiger partial charge is 0.347 e. The fourth-order valence-electron chi connectivity index (χ4n) is 1.21. The van der Waals surface area contributed by atoms with Crippen LogP contribution in [0.2, 0.25) is 5.28 Å². The molecule has 0 spiro atoms. The Bertz CT molecular complexity index is 609. The van der Waals surface area contributed by atoms with E-state index in [4.69, 9.17) is 11.6 Å². The molecule has 8 heteroatoms. The van der Waals surface area contributed by atoms with Crippen LogP contribution in [0.5, 0.6) is 0 Å². The third-order valence-electron chi connectivity index (χ3n) is 2.08. The normalized spacial score (nSPS) is 10.6. The highest BCUT2D eigenvalue weighted by molar-refractivity contribution is 7.99. The zero-order chi connectivity index (χ0) is 14.0. The minimum atomic E-state index is -0.919. The minimum absolute atomic E-state index is 0.0452. The Morgan fingerprint density at radius 2 is 1.84 bits per heavy atom. The number of benzene rings is 1. The van der Waals surface area contributed by atoms with Gasteiger partial charge in [0.15, 0.2) is 16.8 Å². The lowest BCUT2D eigenvalue weighted by atomic mass is 10.3. The van der Waals surface area contributed by atoms with Crippen molar-refractivity contribution >= 4 is 29.3 Å². The van der Waals surface area contributed by atoms with Crippen LogP contribution in [0.3, 0.4) is 0 Å². The first-order valence-corrected chi connectivity index (χ1v) is 6.37. The third-order valence-corrected chi connectivity index (χ3v) is 3.10. The summed E-state index contributed by atoms with van der Waals surface area (Å²) in [7, 11) is 3.52. The molecule has 2 rings (SSSR count). The molecule has 0 aliphatic heterocycles. The second kappa shape index (κ2) is 5.66. The van der Waals surface area contributed by atoms with E-state index in [0.717, 1.165) is 23.9 Å². The van der Waals surface area contributed by atoms with Gasteiger partial charge < -0.3 is 4.90 Å². The molecular formula is C11H9ClF2N4S. The highest BCUT2D eigenvalue weighted by Crippen LogP contribution is 2.27. The first-order valence-electron chi connectivity index (χ1n) is 5.17. The molecule has 100 valence electrons. The lowest BCUT2D eigenvalue weighted by Crippen LogP contribution is -2.13. The first kappa shape index (κ1) is 14.0. The average Bonchev–Trinajstić information content (AvgIpc) is 2.33. The van der Waals surface area contributed by atoms with Crippen molar-refractivity contribution in [2.24, 2.45) is 0 Å². The van der Waals surface area contributed by atoms with Gasteiger partial charge in [0.2, 0.25) is 11.2 Å². The molecule has 19 heavy (non-hydrogen) atoms. The number of halogens is 3. The van der Waals surface area contributed by atoms with Crippen molar-refractivity contribution in [2.75, 3.05) is 19.0 Å². The Kier molecular flexibility index (Phi) is 4.16. The molecule has 0 aliphatic carbocycles. The van der Waals surface area contributed by atoms with E-state index in [2.05, 4.69) is 15.0 Å². The number of hydrogen-bond donors (Lipinski definition) is 0. The zero-order valence-electron chi connectivity index (χ0n) is 10.1. The molecule has 0 fully saturated rings. The van der Waals surface area contributed by atoms with Crippen LogP contribution in [0.25, 0.3) is 0 Å². The van der Waals surface area contributed by atoms with Crippen LogP contribution >= 0.6 is 23.4 Å². The van der Waals surface area contributed by atoms with Crippen LogP contribution in [0.15, 0.2) is 28.3 Å². The van der Waals surface area contributed by atoms with Gasteiger partial charge in [-0.3, -0.25) is 0 Å². The number of rotatable bonds is 3. The molecule has 0 aliphatic rings. The molecule has 0 radical (unpaired) electrons. The molecule has 0 amide bonds. The zero-order valence-corrected chi connectivity index (χ0v) is 11.6. The summed E-state index contributed by atoms with van der Waals surface area (Å²) in [6.07, 6.45) is 0. The molecule has 0 saturated heterocycles. The molecule has 1 aromatic heterocycles. The van der Waals surface area contributed by atoms with E-state index in [9.17, 15) is 8.78 Å². The van der Waals surface area contributed by atoms with Gasteiger partial charge in [0, 0.05) is 19.0 Å². The maximum atomic E-state index is 13.1. The minimum Gasteiger partial charge on any atom is -0.347 e. The predicted octanol–water partition coefficient (Wildman–Crippen LogP) is 3.02. The van der Waals surface area contributed by atoms with Crippen molar-refractivity contribution in [3.8, 4) is 0 Å². The van der Waals surface area contributed by atoms with Crippen molar-refractivity contribution in [2.45, 2.75) is 10.1 Å². The maximum Gasteiger partial charge on any atom is 0.230 e. The van der Waals surface area contributed by atoms with Crippen molar-refractivity contribution < 1.29 is 8.78 Å². The number of hydrogen-bond acceptors (Lipinski definition) is 5. The molecule has 0 saturated carbocycles. The van der Waals surface area contributed by atoms with E-state index in [1.165, 1.54) is 6.07 Å². The first-order chi connectivity index (χ1) is 8.95. The van der Waals surface area contributed by atoms with Crippen LogP contribution in [-0.4, -0.2) is 29.0 Å². The summed E-state index contributed by atoms with van der Waals surface area (Å²) in [5.41, 5.74) is 0. The summed E-state index contributed by atoms with van der Waals surface area (Å²) in [5, 5.41) is 0.360. The Morgan fingerprint density at radius 3 is 2.47 bits per heavy atom. The summed E-state index contributed by atoms with van der Waals surface area (Å²) in [6, 6.07) is 3.57. The van der Waals surface area contributed by atoms with Gasteiger partial charge in [-0.2, -0.15) is 15.0 Å². The fourth-order valence-corrected chi connectivity index (χ4v) is 2.19. The topological polar surface area (TPSA) is 41.9 Å². The van der Waals surface area contributed by atoms with Crippen LogP contribution in [0.4, 0.5) is 14.7 Å². The monoisotopic (exact) mass is 302 g/mol. The fraction of sp³-hybridized carbons (Fsp3) is 0.182. The molecule has 4 nitrogen and oxygen atoms in total. The lowest BCUT2D eigenvalue weighted by Gasteiger charge is -2.10. The second-order valence-corrected chi connectivity index (χ2v) is 5.14. The van der Waals surface area contributed by atoms with Crippen molar-refractivity contribution in [3.63, 3.8) is 0 Å². The molecular weight excluding hydrogens is 294 g/mol. The SMILES string of the molecule is CN(C)c1nc(Cl)nc(Sc2ccc(F)c(F)c2)n1.